The number of rotatable bonds is 2. The molecule has 1 fully saturated rings. The fraction of sp³-hybridized carbons (Fsp3) is 0.231. The van der Waals surface area contributed by atoms with Gasteiger partial charge in [0.25, 0.3) is 0 Å². The zero-order valence-corrected chi connectivity index (χ0v) is 10.8. The van der Waals surface area contributed by atoms with Gasteiger partial charge in [0.15, 0.2) is 5.65 Å². The van der Waals surface area contributed by atoms with Crippen LogP contribution in [-0.4, -0.2) is 50.9 Å². The third-order valence-electron chi connectivity index (χ3n) is 3.28. The summed E-state index contributed by atoms with van der Waals surface area (Å²) in [4.78, 5) is 30.9. The van der Waals surface area contributed by atoms with Crippen molar-refractivity contribution in [1.29, 1.82) is 0 Å². The lowest BCUT2D eigenvalue weighted by Crippen LogP contribution is -2.52. The molecule has 0 bridgehead atoms. The molecule has 0 saturated carbocycles. The molecule has 1 aliphatic rings. The van der Waals surface area contributed by atoms with Crippen LogP contribution in [0.5, 0.6) is 0 Å². The molecule has 1 saturated heterocycles. The van der Waals surface area contributed by atoms with E-state index in [1.165, 1.54) is 17.3 Å². The maximum atomic E-state index is 12.2. The van der Waals surface area contributed by atoms with Gasteiger partial charge in [-0.05, 0) is 12.1 Å². The zero-order valence-electron chi connectivity index (χ0n) is 10.8. The molecule has 7 heteroatoms. The third kappa shape index (κ3) is 2.03. The topological polar surface area (TPSA) is 70.8 Å². The average Bonchev–Trinajstić information content (AvgIpc) is 2.93. The summed E-state index contributed by atoms with van der Waals surface area (Å²) in [5.41, 5.74) is 1.45. The van der Waals surface area contributed by atoms with Crippen LogP contribution in [0.2, 0.25) is 0 Å². The number of nitrogens with zero attached hydrogens (tertiary/aromatic N) is 5. The molecule has 0 aromatic carbocycles. The number of aromatic nitrogens is 3. The first-order chi connectivity index (χ1) is 9.69. The van der Waals surface area contributed by atoms with E-state index in [2.05, 4.69) is 16.7 Å². The van der Waals surface area contributed by atoms with Crippen molar-refractivity contribution in [3.63, 3.8) is 0 Å². The van der Waals surface area contributed by atoms with Gasteiger partial charge in [-0.2, -0.15) is 5.10 Å². The van der Waals surface area contributed by atoms with Crippen LogP contribution in [0, 0.1) is 0 Å². The quantitative estimate of drug-likeness (QED) is 0.726. The fourth-order valence-electron chi connectivity index (χ4n) is 2.24. The number of fused-ring (bicyclic) bond motifs is 1. The number of hydrogen-bond acceptors (Lipinski definition) is 4. The van der Waals surface area contributed by atoms with Crippen molar-refractivity contribution in [3.05, 3.63) is 37.3 Å². The van der Waals surface area contributed by atoms with Crippen LogP contribution in [0.25, 0.3) is 5.65 Å². The average molecular weight is 271 g/mol. The molecule has 7 nitrogen and oxygen atoms in total. The summed E-state index contributed by atoms with van der Waals surface area (Å²) in [6.45, 7) is 4.46. The molecular weight excluding hydrogens is 258 g/mol. The third-order valence-corrected chi connectivity index (χ3v) is 3.28. The Kier molecular flexibility index (Phi) is 2.94. The van der Waals surface area contributed by atoms with Gasteiger partial charge < -0.3 is 9.80 Å². The summed E-state index contributed by atoms with van der Waals surface area (Å²) in [5.74, 6) is -0.332. The predicted octanol–water partition coefficient (Wildman–Crippen LogP) is 0.0905. The first kappa shape index (κ1) is 12.3. The first-order valence-corrected chi connectivity index (χ1v) is 6.20. The van der Waals surface area contributed by atoms with Gasteiger partial charge in [-0.25, -0.2) is 9.50 Å². The van der Waals surface area contributed by atoms with Gasteiger partial charge >= 0.3 is 0 Å². The Bertz CT molecular complexity index is 693. The van der Waals surface area contributed by atoms with Crippen molar-refractivity contribution in [2.24, 2.45) is 0 Å². The minimum absolute atomic E-state index is 0.0721. The van der Waals surface area contributed by atoms with Gasteiger partial charge in [0.1, 0.15) is 12.9 Å². The van der Waals surface area contributed by atoms with Crippen molar-refractivity contribution >= 4 is 23.1 Å². The maximum Gasteiger partial charge on any atom is 0.246 e. The number of pyridine rings is 1. The van der Waals surface area contributed by atoms with Crippen molar-refractivity contribution in [2.75, 3.05) is 24.5 Å². The number of piperazine rings is 1. The highest BCUT2D eigenvalue weighted by molar-refractivity contribution is 5.99. The highest BCUT2D eigenvalue weighted by Gasteiger charge is 2.27. The van der Waals surface area contributed by atoms with E-state index in [-0.39, 0.29) is 18.4 Å². The summed E-state index contributed by atoms with van der Waals surface area (Å²) in [7, 11) is 0. The monoisotopic (exact) mass is 271 g/mol. The highest BCUT2D eigenvalue weighted by Crippen LogP contribution is 2.18. The Hall–Kier alpha value is -2.70. The zero-order chi connectivity index (χ0) is 14.1. The summed E-state index contributed by atoms with van der Waals surface area (Å²) in [5, 5.41) is 4.01. The molecule has 0 spiro atoms. The van der Waals surface area contributed by atoms with Gasteiger partial charge in [0.2, 0.25) is 11.8 Å². The summed E-state index contributed by atoms with van der Waals surface area (Å²) in [6, 6.07) is 3.61. The molecule has 3 heterocycles. The molecule has 0 atom stereocenters. The molecular formula is C13H13N5O2. The maximum absolute atomic E-state index is 12.2. The van der Waals surface area contributed by atoms with E-state index < -0.39 is 0 Å². The van der Waals surface area contributed by atoms with E-state index >= 15 is 0 Å². The van der Waals surface area contributed by atoms with E-state index in [1.807, 2.05) is 6.07 Å². The van der Waals surface area contributed by atoms with Crippen LogP contribution in [-0.2, 0) is 9.59 Å². The van der Waals surface area contributed by atoms with E-state index in [0.717, 1.165) is 5.69 Å². The molecule has 0 aliphatic carbocycles. The molecule has 20 heavy (non-hydrogen) atoms. The van der Waals surface area contributed by atoms with Crippen LogP contribution in [0.3, 0.4) is 0 Å². The van der Waals surface area contributed by atoms with Gasteiger partial charge in [-0.15, -0.1) is 0 Å². The lowest BCUT2D eigenvalue weighted by Gasteiger charge is -2.33. The van der Waals surface area contributed by atoms with E-state index in [0.29, 0.717) is 18.7 Å². The molecule has 2 amide bonds. The molecule has 0 N–H and O–H groups in total. The molecule has 0 unspecified atom stereocenters. The second-order valence-corrected chi connectivity index (χ2v) is 4.46. The van der Waals surface area contributed by atoms with Crippen molar-refractivity contribution in [2.45, 2.75) is 0 Å². The van der Waals surface area contributed by atoms with Gasteiger partial charge in [0.05, 0.1) is 0 Å². The smallest absolute Gasteiger partial charge is 0.246 e. The lowest BCUT2D eigenvalue weighted by molar-refractivity contribution is -0.133. The van der Waals surface area contributed by atoms with Crippen LogP contribution in [0.4, 0.5) is 5.69 Å². The Labute approximate surface area is 115 Å². The van der Waals surface area contributed by atoms with Crippen LogP contribution < -0.4 is 4.90 Å². The standard InChI is InChI=1S/C13H13N5O2/c1-2-12(19)16-5-6-17(13(20)8-16)10-3-4-18-11(7-10)14-9-15-18/h2-4,7,9H,1,5-6,8H2. The number of anilines is 1. The summed E-state index contributed by atoms with van der Waals surface area (Å²) < 4.78 is 1.63. The van der Waals surface area contributed by atoms with E-state index in [4.69, 9.17) is 0 Å². The van der Waals surface area contributed by atoms with Crippen molar-refractivity contribution < 1.29 is 9.59 Å². The second kappa shape index (κ2) is 4.76. The predicted molar refractivity (Wildman–Crippen MR) is 72.1 cm³/mol. The molecule has 1 aliphatic heterocycles. The summed E-state index contributed by atoms with van der Waals surface area (Å²) >= 11 is 0. The van der Waals surface area contributed by atoms with E-state index in [1.54, 1.807) is 21.7 Å². The van der Waals surface area contributed by atoms with Gasteiger partial charge in [-0.3, -0.25) is 9.59 Å². The normalized spacial score (nSPS) is 15.7. The van der Waals surface area contributed by atoms with Gasteiger partial charge in [-0.1, -0.05) is 6.58 Å². The van der Waals surface area contributed by atoms with Crippen LogP contribution in [0.15, 0.2) is 37.3 Å². The molecule has 0 radical (unpaired) electrons. The van der Waals surface area contributed by atoms with Crippen molar-refractivity contribution in [1.82, 2.24) is 19.5 Å². The number of carbonyl (C=O) groups is 2. The second-order valence-electron chi connectivity index (χ2n) is 4.46. The Morgan fingerprint density at radius 2 is 2.25 bits per heavy atom. The minimum Gasteiger partial charge on any atom is -0.328 e. The number of carbonyl (C=O) groups excluding carboxylic acids is 2. The van der Waals surface area contributed by atoms with Gasteiger partial charge in [0, 0.05) is 31.0 Å². The van der Waals surface area contributed by atoms with Crippen LogP contribution in [0.1, 0.15) is 0 Å². The van der Waals surface area contributed by atoms with Crippen LogP contribution >= 0.6 is 0 Å². The van der Waals surface area contributed by atoms with E-state index in [9.17, 15) is 9.59 Å². The molecule has 2 aromatic heterocycles. The van der Waals surface area contributed by atoms with Crippen molar-refractivity contribution in [3.8, 4) is 0 Å². The lowest BCUT2D eigenvalue weighted by atomic mass is 10.2. The molecule has 102 valence electrons. The number of amides is 2. The fourth-order valence-corrected chi connectivity index (χ4v) is 2.24. The number of hydrogen-bond donors (Lipinski definition) is 0. The Morgan fingerprint density at radius 3 is 3.00 bits per heavy atom. The Morgan fingerprint density at radius 1 is 1.40 bits per heavy atom. The Balaban J connectivity index is 1.83. The molecule has 3 rings (SSSR count). The largest absolute Gasteiger partial charge is 0.328 e. The molecule has 2 aromatic rings. The highest BCUT2D eigenvalue weighted by atomic mass is 16.2. The SMILES string of the molecule is C=CC(=O)N1CCN(c2ccn3ncnc3c2)C(=O)C1. The first-order valence-electron chi connectivity index (χ1n) is 6.20. The summed E-state index contributed by atoms with van der Waals surface area (Å²) in [6.07, 6.45) is 4.44. The minimum atomic E-state index is -0.217.